The first-order valence-corrected chi connectivity index (χ1v) is 3.26. The molecule has 5 nitrogen and oxygen atoms in total. The summed E-state index contributed by atoms with van der Waals surface area (Å²) in [5.74, 6) is 0.121. The number of hydrogen-bond acceptors (Lipinski definition) is 3. The maximum absolute atomic E-state index is 11.0. The molecule has 1 aliphatic rings. The van der Waals surface area contributed by atoms with E-state index in [9.17, 15) is 4.79 Å². The summed E-state index contributed by atoms with van der Waals surface area (Å²) >= 11 is 0. The highest BCUT2D eigenvalue weighted by Crippen LogP contribution is 2.05. The van der Waals surface area contributed by atoms with Crippen LogP contribution in [0.25, 0.3) is 0 Å². The molecule has 1 aliphatic heterocycles. The van der Waals surface area contributed by atoms with E-state index in [4.69, 9.17) is 10.1 Å². The number of carbonyl (C=O) groups excluding carboxylic acids is 1. The molecule has 0 saturated carbocycles. The first-order chi connectivity index (χ1) is 5.16. The van der Waals surface area contributed by atoms with Gasteiger partial charge in [0.15, 0.2) is 0 Å². The number of ether oxygens (including phenoxy) is 1. The number of methoxy groups -OCH3 is 1. The SMILES string of the molecule is COCN1C(=N)N(C)CC1=O. The molecule has 1 N–H and O–H groups in total. The lowest BCUT2D eigenvalue weighted by atomic mass is 10.6. The van der Waals surface area contributed by atoms with Crippen LogP contribution in [0.1, 0.15) is 0 Å². The van der Waals surface area contributed by atoms with E-state index < -0.39 is 0 Å². The summed E-state index contributed by atoms with van der Waals surface area (Å²) in [6.45, 7) is 0.449. The average molecular weight is 157 g/mol. The molecule has 1 fully saturated rings. The Bertz CT molecular complexity index is 192. The number of nitrogens with one attached hydrogen (secondary N) is 1. The first kappa shape index (κ1) is 8.00. The summed E-state index contributed by atoms with van der Waals surface area (Å²) in [7, 11) is 3.20. The van der Waals surface area contributed by atoms with E-state index >= 15 is 0 Å². The van der Waals surface area contributed by atoms with Gasteiger partial charge in [0.05, 0.1) is 0 Å². The average Bonchev–Trinajstić information content (AvgIpc) is 2.17. The van der Waals surface area contributed by atoms with Crippen molar-refractivity contribution in [3.63, 3.8) is 0 Å². The van der Waals surface area contributed by atoms with Crippen LogP contribution in [0.5, 0.6) is 0 Å². The topological polar surface area (TPSA) is 56.6 Å². The Kier molecular flexibility index (Phi) is 2.09. The monoisotopic (exact) mass is 157 g/mol. The van der Waals surface area contributed by atoms with Gasteiger partial charge in [-0.1, -0.05) is 0 Å². The summed E-state index contributed by atoms with van der Waals surface area (Å²) in [5.41, 5.74) is 0. The van der Waals surface area contributed by atoms with Crippen LogP contribution in [-0.2, 0) is 9.53 Å². The molecule has 0 aromatic carbocycles. The molecule has 0 spiro atoms. The van der Waals surface area contributed by atoms with Gasteiger partial charge in [0.2, 0.25) is 5.96 Å². The molecule has 0 radical (unpaired) electrons. The van der Waals surface area contributed by atoms with Gasteiger partial charge >= 0.3 is 0 Å². The molecule has 0 bridgehead atoms. The normalized spacial score (nSPS) is 18.4. The van der Waals surface area contributed by atoms with Crippen molar-refractivity contribution in [2.75, 3.05) is 27.4 Å². The van der Waals surface area contributed by atoms with Gasteiger partial charge in [-0.15, -0.1) is 0 Å². The Hall–Kier alpha value is -1.10. The molecule has 62 valence electrons. The first-order valence-electron chi connectivity index (χ1n) is 3.26. The number of nitrogens with zero attached hydrogens (tertiary/aromatic N) is 2. The Balaban J connectivity index is 2.64. The number of hydrogen-bond donors (Lipinski definition) is 1. The van der Waals surface area contributed by atoms with Crippen molar-refractivity contribution in [2.24, 2.45) is 0 Å². The third-order valence-corrected chi connectivity index (χ3v) is 1.55. The van der Waals surface area contributed by atoms with E-state index in [-0.39, 0.29) is 25.1 Å². The maximum Gasteiger partial charge on any atom is 0.250 e. The molecular formula is C6H11N3O2. The lowest BCUT2D eigenvalue weighted by Gasteiger charge is -2.14. The van der Waals surface area contributed by atoms with E-state index in [1.807, 2.05) is 0 Å². The fourth-order valence-corrected chi connectivity index (χ4v) is 0.950. The van der Waals surface area contributed by atoms with E-state index in [1.165, 1.54) is 12.0 Å². The van der Waals surface area contributed by atoms with Crippen LogP contribution >= 0.6 is 0 Å². The van der Waals surface area contributed by atoms with E-state index in [2.05, 4.69) is 0 Å². The molecule has 1 rings (SSSR count). The van der Waals surface area contributed by atoms with Crippen molar-refractivity contribution in [3.05, 3.63) is 0 Å². The van der Waals surface area contributed by atoms with Crippen LogP contribution in [0.15, 0.2) is 0 Å². The fourth-order valence-electron chi connectivity index (χ4n) is 0.950. The molecule has 0 aromatic heterocycles. The van der Waals surface area contributed by atoms with Crippen molar-refractivity contribution < 1.29 is 9.53 Å². The Morgan fingerprint density at radius 3 is 2.73 bits per heavy atom. The summed E-state index contributed by atoms with van der Waals surface area (Å²) in [5, 5.41) is 7.40. The molecule has 0 aromatic rings. The number of likely N-dealkylation sites (N-methyl/N-ethyl adjacent to an activating group) is 1. The summed E-state index contributed by atoms with van der Waals surface area (Å²) < 4.78 is 4.75. The lowest BCUT2D eigenvalue weighted by molar-refractivity contribution is -0.127. The zero-order chi connectivity index (χ0) is 8.43. The molecule has 1 amide bonds. The third kappa shape index (κ3) is 1.32. The second kappa shape index (κ2) is 2.87. The van der Waals surface area contributed by atoms with E-state index in [0.717, 1.165) is 0 Å². The van der Waals surface area contributed by atoms with Crippen LogP contribution in [0, 0.1) is 5.41 Å². The Labute approximate surface area is 65.0 Å². The highest BCUT2D eigenvalue weighted by molar-refractivity contribution is 6.02. The number of amides is 1. The van der Waals surface area contributed by atoms with Crippen molar-refractivity contribution in [2.45, 2.75) is 0 Å². The minimum atomic E-state index is -0.0839. The largest absolute Gasteiger partial charge is 0.364 e. The fraction of sp³-hybridized carbons (Fsp3) is 0.667. The minimum absolute atomic E-state index is 0.0839. The summed E-state index contributed by atoms with van der Waals surface area (Å²) in [4.78, 5) is 13.9. The Morgan fingerprint density at radius 2 is 2.36 bits per heavy atom. The second-order valence-electron chi connectivity index (χ2n) is 2.42. The Morgan fingerprint density at radius 1 is 1.73 bits per heavy atom. The summed E-state index contributed by atoms with van der Waals surface area (Å²) in [6, 6.07) is 0. The molecule has 0 aliphatic carbocycles. The standard InChI is InChI=1S/C6H11N3O2/c1-8-3-5(10)9(4-11-2)6(8)7/h7H,3-4H2,1-2H3. The van der Waals surface area contributed by atoms with Crippen LogP contribution in [0.3, 0.4) is 0 Å². The molecule has 11 heavy (non-hydrogen) atoms. The molecular weight excluding hydrogens is 146 g/mol. The smallest absolute Gasteiger partial charge is 0.250 e. The van der Waals surface area contributed by atoms with Crippen molar-refractivity contribution >= 4 is 11.9 Å². The number of carbonyl (C=O) groups is 1. The number of rotatable bonds is 2. The van der Waals surface area contributed by atoms with Crippen molar-refractivity contribution in [1.29, 1.82) is 5.41 Å². The molecule has 0 atom stereocenters. The zero-order valence-electron chi connectivity index (χ0n) is 6.63. The zero-order valence-corrected chi connectivity index (χ0v) is 6.63. The van der Waals surface area contributed by atoms with E-state index in [0.29, 0.717) is 0 Å². The van der Waals surface area contributed by atoms with E-state index in [1.54, 1.807) is 11.9 Å². The number of guanidine groups is 1. The van der Waals surface area contributed by atoms with Gasteiger partial charge < -0.3 is 9.64 Å². The van der Waals surface area contributed by atoms with Gasteiger partial charge in [-0.2, -0.15) is 0 Å². The van der Waals surface area contributed by atoms with Gasteiger partial charge in [-0.3, -0.25) is 15.1 Å². The van der Waals surface area contributed by atoms with Gasteiger partial charge in [0.25, 0.3) is 5.91 Å². The predicted molar refractivity (Wildman–Crippen MR) is 39.1 cm³/mol. The third-order valence-electron chi connectivity index (χ3n) is 1.55. The molecule has 1 heterocycles. The minimum Gasteiger partial charge on any atom is -0.364 e. The predicted octanol–water partition coefficient (Wildman–Crippen LogP) is -0.701. The van der Waals surface area contributed by atoms with Gasteiger partial charge in [0.1, 0.15) is 13.3 Å². The molecule has 5 heteroatoms. The lowest BCUT2D eigenvalue weighted by Crippen LogP contribution is -2.33. The van der Waals surface area contributed by atoms with Gasteiger partial charge in [0, 0.05) is 14.2 Å². The van der Waals surface area contributed by atoms with Crippen LogP contribution in [0.2, 0.25) is 0 Å². The van der Waals surface area contributed by atoms with Gasteiger partial charge in [-0.05, 0) is 0 Å². The van der Waals surface area contributed by atoms with Crippen LogP contribution < -0.4 is 0 Å². The van der Waals surface area contributed by atoms with Crippen molar-refractivity contribution in [3.8, 4) is 0 Å². The van der Waals surface area contributed by atoms with Crippen molar-refractivity contribution in [1.82, 2.24) is 9.80 Å². The maximum atomic E-state index is 11.0. The highest BCUT2D eigenvalue weighted by Gasteiger charge is 2.29. The van der Waals surface area contributed by atoms with Crippen LogP contribution in [-0.4, -0.2) is 49.1 Å². The molecule has 0 unspecified atom stereocenters. The molecule has 1 saturated heterocycles. The quantitative estimate of drug-likeness (QED) is 0.576. The summed E-state index contributed by atoms with van der Waals surface area (Å²) in [6.07, 6.45) is 0. The van der Waals surface area contributed by atoms with Crippen LogP contribution in [0.4, 0.5) is 0 Å². The second-order valence-corrected chi connectivity index (χ2v) is 2.42. The van der Waals surface area contributed by atoms with Gasteiger partial charge in [-0.25, -0.2) is 0 Å². The highest BCUT2D eigenvalue weighted by atomic mass is 16.5.